The highest BCUT2D eigenvalue weighted by atomic mass is 16.5. The van der Waals surface area contributed by atoms with E-state index in [9.17, 15) is 4.79 Å². The lowest BCUT2D eigenvalue weighted by Gasteiger charge is -2.35. The highest BCUT2D eigenvalue weighted by molar-refractivity contribution is 5.78. The van der Waals surface area contributed by atoms with Crippen molar-refractivity contribution < 1.29 is 28.5 Å². The molecular formula is C25H34N2O6. The third-order valence-electron chi connectivity index (χ3n) is 6.19. The monoisotopic (exact) mass is 458 g/mol. The molecule has 1 saturated heterocycles. The lowest BCUT2D eigenvalue weighted by atomic mass is 10.0. The van der Waals surface area contributed by atoms with Gasteiger partial charge in [0, 0.05) is 44.9 Å². The Hall–Kier alpha value is -3.13. The largest absolute Gasteiger partial charge is 0.496 e. The van der Waals surface area contributed by atoms with Gasteiger partial charge in [0.2, 0.25) is 5.75 Å². The molecule has 0 aliphatic carbocycles. The molecule has 180 valence electrons. The summed E-state index contributed by atoms with van der Waals surface area (Å²) in [4.78, 5) is 16.9. The van der Waals surface area contributed by atoms with E-state index in [2.05, 4.69) is 24.8 Å². The van der Waals surface area contributed by atoms with E-state index in [1.165, 1.54) is 16.7 Å². The van der Waals surface area contributed by atoms with Crippen molar-refractivity contribution in [2.24, 2.45) is 0 Å². The van der Waals surface area contributed by atoms with Crippen LogP contribution in [0.15, 0.2) is 24.3 Å². The predicted octanol–water partition coefficient (Wildman–Crippen LogP) is 3.06. The molecule has 2 aromatic carbocycles. The van der Waals surface area contributed by atoms with Crippen molar-refractivity contribution in [2.75, 3.05) is 61.2 Å². The molecule has 1 amide bonds. The van der Waals surface area contributed by atoms with Crippen molar-refractivity contribution in [3.8, 4) is 28.7 Å². The fourth-order valence-electron chi connectivity index (χ4n) is 4.02. The average molecular weight is 459 g/mol. The van der Waals surface area contributed by atoms with Gasteiger partial charge in [-0.1, -0.05) is 6.07 Å². The fraction of sp³-hybridized carbons (Fsp3) is 0.480. The van der Waals surface area contributed by atoms with Crippen molar-refractivity contribution in [3.63, 3.8) is 0 Å². The van der Waals surface area contributed by atoms with Crippen LogP contribution in [0, 0.1) is 13.8 Å². The van der Waals surface area contributed by atoms with Crippen LogP contribution in [-0.4, -0.2) is 76.9 Å². The number of benzene rings is 2. The van der Waals surface area contributed by atoms with E-state index >= 15 is 0 Å². The summed E-state index contributed by atoms with van der Waals surface area (Å²) in [7, 11) is 6.32. The number of piperazine rings is 1. The van der Waals surface area contributed by atoms with Gasteiger partial charge in [-0.3, -0.25) is 9.69 Å². The molecule has 1 aliphatic heterocycles. The molecular weight excluding hydrogens is 424 g/mol. The smallest absolute Gasteiger partial charge is 0.260 e. The number of ether oxygens (including phenoxy) is 5. The highest BCUT2D eigenvalue weighted by Gasteiger charge is 2.23. The third kappa shape index (κ3) is 5.63. The van der Waals surface area contributed by atoms with Gasteiger partial charge in [0.25, 0.3) is 5.91 Å². The summed E-state index contributed by atoms with van der Waals surface area (Å²) in [6, 6.07) is 7.53. The van der Waals surface area contributed by atoms with Crippen molar-refractivity contribution in [2.45, 2.75) is 20.4 Å². The van der Waals surface area contributed by atoms with Gasteiger partial charge in [0.15, 0.2) is 18.1 Å². The standard InChI is InChI=1S/C25H34N2O6/c1-17-18(2)21(29-3)8-7-19(17)15-26-9-11-27(12-10-26)24(28)16-33-20-13-22(30-4)25(32-6)23(14-20)31-5/h7-8,13-14H,9-12,15-16H2,1-6H3. The topological polar surface area (TPSA) is 69.7 Å². The molecule has 0 saturated carbocycles. The molecule has 1 fully saturated rings. The molecule has 0 N–H and O–H groups in total. The summed E-state index contributed by atoms with van der Waals surface area (Å²) in [6.45, 7) is 8.02. The van der Waals surface area contributed by atoms with Gasteiger partial charge in [-0.15, -0.1) is 0 Å². The molecule has 0 bridgehead atoms. The number of hydrogen-bond donors (Lipinski definition) is 0. The van der Waals surface area contributed by atoms with Crippen LogP contribution in [-0.2, 0) is 11.3 Å². The van der Waals surface area contributed by atoms with Crippen LogP contribution in [0.4, 0.5) is 0 Å². The number of amides is 1. The highest BCUT2D eigenvalue weighted by Crippen LogP contribution is 2.40. The molecule has 8 nitrogen and oxygen atoms in total. The first-order valence-corrected chi connectivity index (χ1v) is 11.0. The van der Waals surface area contributed by atoms with Gasteiger partial charge in [0.05, 0.1) is 28.4 Å². The minimum Gasteiger partial charge on any atom is -0.496 e. The fourth-order valence-corrected chi connectivity index (χ4v) is 4.02. The minimum absolute atomic E-state index is 0.0418. The van der Waals surface area contributed by atoms with Gasteiger partial charge in [0.1, 0.15) is 11.5 Å². The normalized spacial score (nSPS) is 14.1. The molecule has 0 atom stereocenters. The molecule has 0 spiro atoms. The van der Waals surface area contributed by atoms with E-state index in [4.69, 9.17) is 23.7 Å². The van der Waals surface area contributed by atoms with E-state index in [0.29, 0.717) is 36.1 Å². The minimum atomic E-state index is -0.0462. The van der Waals surface area contributed by atoms with Crippen molar-refractivity contribution in [3.05, 3.63) is 41.0 Å². The number of carbonyl (C=O) groups is 1. The van der Waals surface area contributed by atoms with Crippen molar-refractivity contribution in [1.82, 2.24) is 9.80 Å². The Morgan fingerprint density at radius 2 is 1.42 bits per heavy atom. The summed E-state index contributed by atoms with van der Waals surface area (Å²) in [5.41, 5.74) is 3.72. The zero-order chi connectivity index (χ0) is 24.0. The zero-order valence-corrected chi connectivity index (χ0v) is 20.4. The van der Waals surface area contributed by atoms with Gasteiger partial charge in [-0.25, -0.2) is 0 Å². The van der Waals surface area contributed by atoms with Crippen LogP contribution in [0.5, 0.6) is 28.7 Å². The maximum Gasteiger partial charge on any atom is 0.260 e. The lowest BCUT2D eigenvalue weighted by molar-refractivity contribution is -0.135. The van der Waals surface area contributed by atoms with Crippen LogP contribution in [0.25, 0.3) is 0 Å². The number of nitrogens with zero attached hydrogens (tertiary/aromatic N) is 2. The molecule has 1 heterocycles. The van der Waals surface area contributed by atoms with Gasteiger partial charge < -0.3 is 28.6 Å². The van der Waals surface area contributed by atoms with Crippen LogP contribution in [0.3, 0.4) is 0 Å². The quantitative estimate of drug-likeness (QED) is 0.572. The molecule has 1 aliphatic rings. The molecule has 3 rings (SSSR count). The Balaban J connectivity index is 1.53. The number of rotatable bonds is 9. The predicted molar refractivity (Wildman–Crippen MR) is 126 cm³/mol. The van der Waals surface area contributed by atoms with Crippen LogP contribution in [0.1, 0.15) is 16.7 Å². The molecule has 8 heteroatoms. The van der Waals surface area contributed by atoms with Gasteiger partial charge in [-0.2, -0.15) is 0 Å². The van der Waals surface area contributed by atoms with E-state index in [1.807, 2.05) is 11.0 Å². The Morgan fingerprint density at radius 3 is 1.97 bits per heavy atom. The van der Waals surface area contributed by atoms with E-state index in [0.717, 1.165) is 25.4 Å². The third-order valence-corrected chi connectivity index (χ3v) is 6.19. The van der Waals surface area contributed by atoms with Crippen molar-refractivity contribution in [1.29, 1.82) is 0 Å². The Bertz CT molecular complexity index is 945. The summed E-state index contributed by atoms with van der Waals surface area (Å²) < 4.78 is 27.2. The molecule has 33 heavy (non-hydrogen) atoms. The van der Waals surface area contributed by atoms with Gasteiger partial charge in [-0.05, 0) is 36.6 Å². The van der Waals surface area contributed by atoms with Crippen LogP contribution < -0.4 is 23.7 Å². The SMILES string of the molecule is COc1ccc(CN2CCN(C(=O)COc3cc(OC)c(OC)c(OC)c3)CC2)c(C)c1C. The van der Waals surface area contributed by atoms with E-state index in [-0.39, 0.29) is 12.5 Å². The molecule has 2 aromatic rings. The van der Waals surface area contributed by atoms with Crippen LogP contribution in [0.2, 0.25) is 0 Å². The number of carbonyl (C=O) groups excluding carboxylic acids is 1. The van der Waals surface area contributed by atoms with E-state index in [1.54, 1.807) is 40.6 Å². The lowest BCUT2D eigenvalue weighted by Crippen LogP contribution is -2.49. The second kappa shape index (κ2) is 11.1. The first kappa shape index (κ1) is 24.5. The molecule has 0 aromatic heterocycles. The summed E-state index contributed by atoms with van der Waals surface area (Å²) in [6.07, 6.45) is 0. The summed E-state index contributed by atoms with van der Waals surface area (Å²) >= 11 is 0. The second-order valence-corrected chi connectivity index (χ2v) is 7.98. The second-order valence-electron chi connectivity index (χ2n) is 7.98. The number of methoxy groups -OCH3 is 4. The van der Waals surface area contributed by atoms with Crippen molar-refractivity contribution >= 4 is 5.91 Å². The number of hydrogen-bond acceptors (Lipinski definition) is 7. The zero-order valence-electron chi connectivity index (χ0n) is 20.4. The maximum atomic E-state index is 12.7. The Morgan fingerprint density at radius 1 is 0.818 bits per heavy atom. The summed E-state index contributed by atoms with van der Waals surface area (Å²) in [5.74, 6) is 2.81. The maximum absolute atomic E-state index is 12.7. The van der Waals surface area contributed by atoms with Gasteiger partial charge >= 0.3 is 0 Å². The van der Waals surface area contributed by atoms with Crippen LogP contribution >= 0.6 is 0 Å². The average Bonchev–Trinajstić information content (AvgIpc) is 2.85. The Labute approximate surface area is 195 Å². The van der Waals surface area contributed by atoms with E-state index < -0.39 is 0 Å². The Kier molecular flexibility index (Phi) is 8.27. The first-order chi connectivity index (χ1) is 15.9. The molecule has 0 radical (unpaired) electrons. The molecule has 0 unspecified atom stereocenters. The summed E-state index contributed by atoms with van der Waals surface area (Å²) in [5, 5.41) is 0. The first-order valence-electron chi connectivity index (χ1n) is 11.0.